The number of fused-ring (bicyclic) bond motifs is 1. The number of hydrogen-bond donors (Lipinski definition) is 3. The Hall–Kier alpha value is -2.34. The molecule has 1 aromatic carbocycles. The highest BCUT2D eigenvalue weighted by Crippen LogP contribution is 2.18. The topological polar surface area (TPSA) is 97.2 Å². The van der Waals surface area contributed by atoms with E-state index < -0.39 is 12.0 Å². The molecule has 1 atom stereocenters. The van der Waals surface area contributed by atoms with Gasteiger partial charge in [0.25, 0.3) is 0 Å². The maximum absolute atomic E-state index is 11.8. The number of rotatable bonds is 5. The number of aromatic nitrogens is 1. The van der Waals surface area contributed by atoms with E-state index in [1.54, 1.807) is 0 Å². The molecule has 0 radical (unpaired) electrons. The quantitative estimate of drug-likeness (QED) is 0.685. The summed E-state index contributed by atoms with van der Waals surface area (Å²) in [5.41, 5.74) is 7.83. The van der Waals surface area contributed by atoms with Crippen LogP contribution in [0.5, 0.6) is 0 Å². The Morgan fingerprint density at radius 3 is 2.90 bits per heavy atom. The van der Waals surface area contributed by atoms with Crippen molar-refractivity contribution in [3.05, 3.63) is 36.0 Å². The van der Waals surface area contributed by atoms with Crippen molar-refractivity contribution in [3.63, 3.8) is 0 Å². The van der Waals surface area contributed by atoms with Crippen molar-refractivity contribution >= 4 is 22.8 Å². The molecule has 1 aromatic heterocycles. The number of H-pyrrole nitrogens is 1. The molecule has 0 aliphatic heterocycles. The number of hydrogen-bond acceptors (Lipinski definition) is 4. The number of aromatic amines is 1. The van der Waals surface area contributed by atoms with Gasteiger partial charge in [0.05, 0.1) is 13.2 Å². The monoisotopic (exact) mass is 275 g/mol. The molecule has 2 aromatic rings. The molecule has 0 unspecified atom stereocenters. The second kappa shape index (κ2) is 6.21. The highest BCUT2D eigenvalue weighted by Gasteiger charge is 2.16. The lowest BCUT2D eigenvalue weighted by Crippen LogP contribution is -2.44. The standard InChI is InChI=1S/C14H17N3O3/c1-20-13(18)8-17-14(19)11(15)6-9-7-16-12-5-3-2-4-10(9)12/h2-5,7,11,16H,6,8,15H2,1H3,(H,17,19)/t11-/m0/s1. The summed E-state index contributed by atoms with van der Waals surface area (Å²) in [4.78, 5) is 25.8. The molecule has 6 nitrogen and oxygen atoms in total. The molecule has 6 heteroatoms. The molecule has 20 heavy (non-hydrogen) atoms. The van der Waals surface area contributed by atoms with Crippen LogP contribution < -0.4 is 11.1 Å². The van der Waals surface area contributed by atoms with Gasteiger partial charge in [-0.2, -0.15) is 0 Å². The van der Waals surface area contributed by atoms with Crippen LogP contribution in [0.3, 0.4) is 0 Å². The highest BCUT2D eigenvalue weighted by atomic mass is 16.5. The van der Waals surface area contributed by atoms with Crippen molar-refractivity contribution < 1.29 is 14.3 Å². The lowest BCUT2D eigenvalue weighted by atomic mass is 10.1. The smallest absolute Gasteiger partial charge is 0.325 e. The Labute approximate surface area is 116 Å². The summed E-state index contributed by atoms with van der Waals surface area (Å²) in [6, 6.07) is 7.09. The van der Waals surface area contributed by atoms with Gasteiger partial charge in [-0.15, -0.1) is 0 Å². The number of ether oxygens (including phenoxy) is 1. The third-order valence-electron chi connectivity index (χ3n) is 3.09. The lowest BCUT2D eigenvalue weighted by Gasteiger charge is -2.11. The number of para-hydroxylation sites is 1. The molecule has 4 N–H and O–H groups in total. The van der Waals surface area contributed by atoms with E-state index in [2.05, 4.69) is 15.0 Å². The minimum Gasteiger partial charge on any atom is -0.468 e. The Morgan fingerprint density at radius 2 is 2.15 bits per heavy atom. The van der Waals surface area contributed by atoms with Crippen LogP contribution in [0.2, 0.25) is 0 Å². The fourth-order valence-corrected chi connectivity index (χ4v) is 1.99. The van der Waals surface area contributed by atoms with E-state index in [0.717, 1.165) is 16.5 Å². The van der Waals surface area contributed by atoms with E-state index in [4.69, 9.17) is 5.73 Å². The van der Waals surface area contributed by atoms with Crippen molar-refractivity contribution in [2.45, 2.75) is 12.5 Å². The second-order valence-electron chi connectivity index (χ2n) is 4.46. The molecule has 0 bridgehead atoms. The summed E-state index contributed by atoms with van der Waals surface area (Å²) < 4.78 is 4.44. The predicted octanol–water partition coefficient (Wildman–Crippen LogP) is 0.327. The molecule has 0 saturated carbocycles. The maximum atomic E-state index is 11.8. The van der Waals surface area contributed by atoms with Gasteiger partial charge in [0, 0.05) is 17.1 Å². The first kappa shape index (κ1) is 14.1. The summed E-state index contributed by atoms with van der Waals surface area (Å²) in [6.07, 6.45) is 2.25. The molecule has 1 amide bonds. The molecule has 1 heterocycles. The van der Waals surface area contributed by atoms with Gasteiger partial charge in [-0.25, -0.2) is 0 Å². The zero-order chi connectivity index (χ0) is 14.5. The zero-order valence-electron chi connectivity index (χ0n) is 11.2. The van der Waals surface area contributed by atoms with Crippen LogP contribution in [-0.4, -0.2) is 36.6 Å². The van der Waals surface area contributed by atoms with Crippen molar-refractivity contribution in [2.24, 2.45) is 5.73 Å². The van der Waals surface area contributed by atoms with Crippen molar-refractivity contribution in [3.8, 4) is 0 Å². The van der Waals surface area contributed by atoms with Gasteiger partial charge in [0.1, 0.15) is 6.54 Å². The molecule has 0 saturated heterocycles. The predicted molar refractivity (Wildman–Crippen MR) is 75.0 cm³/mol. The fourth-order valence-electron chi connectivity index (χ4n) is 1.99. The van der Waals surface area contributed by atoms with Gasteiger partial charge in [-0.3, -0.25) is 9.59 Å². The number of nitrogens with one attached hydrogen (secondary N) is 2. The van der Waals surface area contributed by atoms with Crippen LogP contribution in [-0.2, 0) is 20.7 Å². The molecule has 0 fully saturated rings. The molecule has 2 rings (SSSR count). The van der Waals surface area contributed by atoms with Gasteiger partial charge in [0.15, 0.2) is 0 Å². The third-order valence-corrected chi connectivity index (χ3v) is 3.09. The van der Waals surface area contributed by atoms with Gasteiger partial charge >= 0.3 is 5.97 Å². The molecular weight excluding hydrogens is 258 g/mol. The van der Waals surface area contributed by atoms with Crippen LogP contribution in [0.4, 0.5) is 0 Å². The van der Waals surface area contributed by atoms with E-state index in [-0.39, 0.29) is 12.5 Å². The summed E-state index contributed by atoms with van der Waals surface area (Å²) >= 11 is 0. The largest absolute Gasteiger partial charge is 0.468 e. The van der Waals surface area contributed by atoms with Gasteiger partial charge in [-0.05, 0) is 18.1 Å². The first-order chi connectivity index (χ1) is 9.61. The van der Waals surface area contributed by atoms with E-state index in [0.29, 0.717) is 6.42 Å². The molecule has 0 spiro atoms. The van der Waals surface area contributed by atoms with Crippen LogP contribution >= 0.6 is 0 Å². The second-order valence-corrected chi connectivity index (χ2v) is 4.46. The Bertz CT molecular complexity index is 621. The normalized spacial score (nSPS) is 12.1. The van der Waals surface area contributed by atoms with E-state index in [9.17, 15) is 9.59 Å². The number of benzene rings is 1. The number of carbonyl (C=O) groups excluding carboxylic acids is 2. The van der Waals surface area contributed by atoms with E-state index in [1.165, 1.54) is 7.11 Å². The molecule has 0 aliphatic carbocycles. The van der Waals surface area contributed by atoms with Crippen LogP contribution in [0.1, 0.15) is 5.56 Å². The average Bonchev–Trinajstić information content (AvgIpc) is 2.87. The number of nitrogens with two attached hydrogens (primary N) is 1. The fraction of sp³-hybridized carbons (Fsp3) is 0.286. The van der Waals surface area contributed by atoms with Crippen LogP contribution in [0.15, 0.2) is 30.5 Å². The lowest BCUT2D eigenvalue weighted by molar-refractivity contribution is -0.141. The molecular formula is C14H17N3O3. The summed E-state index contributed by atoms with van der Waals surface area (Å²) in [7, 11) is 1.26. The SMILES string of the molecule is COC(=O)CNC(=O)[C@@H](N)Cc1c[nH]c2ccccc12. The van der Waals surface area contributed by atoms with E-state index >= 15 is 0 Å². The Kier molecular flexibility index (Phi) is 4.37. The molecule has 0 aliphatic rings. The van der Waals surface area contributed by atoms with Crippen molar-refractivity contribution in [1.82, 2.24) is 10.3 Å². The summed E-state index contributed by atoms with van der Waals surface area (Å²) in [5, 5.41) is 3.49. The molecule has 106 valence electrons. The number of esters is 1. The van der Waals surface area contributed by atoms with Crippen molar-refractivity contribution in [1.29, 1.82) is 0 Å². The first-order valence-corrected chi connectivity index (χ1v) is 6.27. The average molecular weight is 275 g/mol. The minimum absolute atomic E-state index is 0.170. The zero-order valence-corrected chi connectivity index (χ0v) is 11.2. The highest BCUT2D eigenvalue weighted by molar-refractivity contribution is 5.87. The minimum atomic E-state index is -0.709. The maximum Gasteiger partial charge on any atom is 0.325 e. The summed E-state index contributed by atoms with van der Waals surface area (Å²) in [6.45, 7) is -0.170. The number of methoxy groups -OCH3 is 1. The van der Waals surface area contributed by atoms with Crippen LogP contribution in [0, 0.1) is 0 Å². The number of carbonyl (C=O) groups is 2. The van der Waals surface area contributed by atoms with E-state index in [1.807, 2.05) is 30.5 Å². The van der Waals surface area contributed by atoms with Gasteiger partial charge < -0.3 is 20.8 Å². The van der Waals surface area contributed by atoms with Crippen LogP contribution in [0.25, 0.3) is 10.9 Å². The first-order valence-electron chi connectivity index (χ1n) is 6.27. The Morgan fingerprint density at radius 1 is 1.40 bits per heavy atom. The number of amides is 1. The third kappa shape index (κ3) is 3.16. The van der Waals surface area contributed by atoms with Gasteiger partial charge in [-0.1, -0.05) is 18.2 Å². The Balaban J connectivity index is 1.98. The van der Waals surface area contributed by atoms with Crippen molar-refractivity contribution in [2.75, 3.05) is 13.7 Å². The van der Waals surface area contributed by atoms with Gasteiger partial charge in [0.2, 0.25) is 5.91 Å². The summed E-state index contributed by atoms with van der Waals surface area (Å²) in [5.74, 6) is -0.877.